The number of fused-ring (bicyclic) bond motifs is 1. The maximum atomic E-state index is 14.0. The number of aromatic hydroxyl groups is 1. The third-order valence-electron chi connectivity index (χ3n) is 8.32. The van der Waals surface area contributed by atoms with Crippen molar-refractivity contribution in [3.05, 3.63) is 113 Å². The van der Waals surface area contributed by atoms with E-state index in [1.807, 2.05) is 18.2 Å². The largest absolute Gasteiger partial charge is 0.508 e. The molecule has 10 N–H and O–H groups in total. The maximum absolute atomic E-state index is 14.0. The summed E-state index contributed by atoms with van der Waals surface area (Å²) < 4.78 is 9.90. The van der Waals surface area contributed by atoms with Crippen LogP contribution in [0, 0.1) is 0 Å². The van der Waals surface area contributed by atoms with Gasteiger partial charge in [-0.3, -0.25) is 14.4 Å². The fourth-order valence-electron chi connectivity index (χ4n) is 5.61. The second-order valence-corrected chi connectivity index (χ2v) is 12.0. The molecule has 16 heteroatoms. The molecule has 1 aliphatic heterocycles. The third kappa shape index (κ3) is 9.04. The number of hydrogen-bond donors (Lipinski definition) is 9. The zero-order valence-electron chi connectivity index (χ0n) is 27.5. The lowest BCUT2D eigenvalue weighted by Crippen LogP contribution is -2.57. The van der Waals surface area contributed by atoms with Crippen LogP contribution in [0.25, 0.3) is 10.9 Å². The normalized spacial score (nSPS) is 16.3. The first kappa shape index (κ1) is 36.9. The molecule has 4 amide bonds. The molecular weight excluding hydrogens is 678 g/mol. The van der Waals surface area contributed by atoms with E-state index in [0.717, 1.165) is 10.9 Å². The van der Waals surface area contributed by atoms with Crippen LogP contribution in [0.4, 0.5) is 4.79 Å². The quantitative estimate of drug-likeness (QED) is 0.0766. The minimum Gasteiger partial charge on any atom is -0.508 e. The van der Waals surface area contributed by atoms with E-state index >= 15 is 0 Å². The number of rotatable bonds is 15. The van der Waals surface area contributed by atoms with Crippen LogP contribution >= 0.6 is 0 Å². The summed E-state index contributed by atoms with van der Waals surface area (Å²) in [6.07, 6.45) is -3.27. The van der Waals surface area contributed by atoms with Crippen molar-refractivity contribution >= 4 is 40.7 Å². The number of aliphatic hydroxyl groups excluding tert-OH is 3. The fourth-order valence-corrected chi connectivity index (χ4v) is 5.61. The molecular formula is C36H37N5O11. The van der Waals surface area contributed by atoms with E-state index < -0.39 is 78.2 Å². The molecule has 5 rings (SSSR count). The van der Waals surface area contributed by atoms with Gasteiger partial charge in [-0.05, 0) is 34.9 Å². The lowest BCUT2D eigenvalue weighted by atomic mass is 10.0. The molecule has 3 aromatic carbocycles. The van der Waals surface area contributed by atoms with Crippen LogP contribution in [0.15, 0.2) is 96.6 Å². The van der Waals surface area contributed by atoms with Gasteiger partial charge in [0.2, 0.25) is 29.2 Å². The molecule has 4 aromatic rings. The number of alkyl carbamates (subject to hydrolysis) is 1. The molecule has 0 bridgehead atoms. The van der Waals surface area contributed by atoms with Crippen molar-refractivity contribution in [2.45, 2.75) is 49.6 Å². The Labute approximate surface area is 296 Å². The van der Waals surface area contributed by atoms with Gasteiger partial charge in [-0.15, -0.1) is 0 Å². The van der Waals surface area contributed by atoms with Crippen LogP contribution in [0.2, 0.25) is 0 Å². The summed E-state index contributed by atoms with van der Waals surface area (Å²) in [6.45, 7) is -0.899. The number of esters is 1. The molecule has 0 fully saturated rings. The van der Waals surface area contributed by atoms with Crippen molar-refractivity contribution in [1.29, 1.82) is 0 Å². The smallest absolute Gasteiger partial charge is 0.413 e. The number of H-pyrrole nitrogens is 1. The van der Waals surface area contributed by atoms with Gasteiger partial charge in [0.1, 0.15) is 30.0 Å². The van der Waals surface area contributed by atoms with Crippen molar-refractivity contribution in [3.8, 4) is 5.75 Å². The second kappa shape index (κ2) is 16.5. The summed E-state index contributed by atoms with van der Waals surface area (Å²) in [6, 6.07) is 17.9. The Hall–Kier alpha value is -6.39. The molecule has 0 spiro atoms. The summed E-state index contributed by atoms with van der Waals surface area (Å²) in [5.74, 6) is -5.63. The van der Waals surface area contributed by atoms with Gasteiger partial charge >= 0.3 is 12.1 Å². The van der Waals surface area contributed by atoms with Gasteiger partial charge in [-0.1, -0.05) is 60.7 Å². The number of phenolic OH excluding ortho intramolecular Hbond substituents is 1. The Morgan fingerprint density at radius 1 is 0.808 bits per heavy atom. The number of primary amides is 1. The number of amides is 4. The number of carbonyl (C=O) groups excluding carboxylic acids is 5. The third-order valence-corrected chi connectivity index (χ3v) is 8.32. The average molecular weight is 716 g/mol. The SMILES string of the molecule is NC(=O)[C@H](Cc1ccc(O)cc1)NC(=O)[C@H](Cc1c[nH]c2ccccc12)NC(=O)[C@H](Cc1ccccc1)NC(=O)OC1=C(O)C(=O)OC1C(O)CO. The van der Waals surface area contributed by atoms with Gasteiger partial charge in [-0.2, -0.15) is 0 Å². The van der Waals surface area contributed by atoms with E-state index in [4.69, 9.17) is 15.2 Å². The first-order valence-corrected chi connectivity index (χ1v) is 16.1. The minimum atomic E-state index is -1.73. The number of ether oxygens (including phenoxy) is 2. The fraction of sp³-hybridized carbons (Fsp3) is 0.250. The summed E-state index contributed by atoms with van der Waals surface area (Å²) in [5, 5.41) is 47.6. The molecule has 0 saturated carbocycles. The number of carbonyl (C=O) groups is 5. The molecule has 1 aromatic heterocycles. The second-order valence-electron chi connectivity index (χ2n) is 12.0. The number of phenols is 1. The lowest BCUT2D eigenvalue weighted by molar-refractivity contribution is -0.147. The molecule has 0 aliphatic carbocycles. The van der Waals surface area contributed by atoms with E-state index in [0.29, 0.717) is 16.7 Å². The number of nitrogens with one attached hydrogen (secondary N) is 4. The molecule has 0 radical (unpaired) electrons. The Kier molecular flexibility index (Phi) is 11.7. The number of hydrogen-bond acceptors (Lipinski definition) is 11. The molecule has 2 unspecified atom stereocenters. The minimum absolute atomic E-state index is 0.00798. The van der Waals surface area contributed by atoms with Crippen molar-refractivity contribution in [2.24, 2.45) is 5.73 Å². The number of aromatic amines is 1. The Morgan fingerprint density at radius 3 is 2.08 bits per heavy atom. The maximum Gasteiger partial charge on any atom is 0.413 e. The Bertz CT molecular complexity index is 1960. The topological polar surface area (TPSA) is 263 Å². The van der Waals surface area contributed by atoms with Crippen molar-refractivity contribution in [2.75, 3.05) is 6.61 Å². The molecule has 2 heterocycles. The Morgan fingerprint density at radius 2 is 1.40 bits per heavy atom. The number of aliphatic hydroxyl groups is 3. The van der Waals surface area contributed by atoms with E-state index in [-0.39, 0.29) is 25.0 Å². The highest BCUT2D eigenvalue weighted by atomic mass is 16.6. The summed E-state index contributed by atoms with van der Waals surface area (Å²) in [5.41, 5.74) is 8.26. The monoisotopic (exact) mass is 715 g/mol. The average Bonchev–Trinajstić information content (AvgIpc) is 3.67. The summed E-state index contributed by atoms with van der Waals surface area (Å²) in [4.78, 5) is 68.6. The molecule has 52 heavy (non-hydrogen) atoms. The number of aromatic nitrogens is 1. The predicted octanol–water partition coefficient (Wildman–Crippen LogP) is 0.499. The van der Waals surface area contributed by atoms with Crippen LogP contribution in [0.3, 0.4) is 0 Å². The van der Waals surface area contributed by atoms with Crippen molar-refractivity contribution in [3.63, 3.8) is 0 Å². The summed E-state index contributed by atoms with van der Waals surface area (Å²) in [7, 11) is 0. The zero-order chi connectivity index (χ0) is 37.4. The van der Waals surface area contributed by atoms with Crippen LogP contribution in [0.1, 0.15) is 16.7 Å². The number of benzene rings is 3. The highest BCUT2D eigenvalue weighted by Gasteiger charge is 2.42. The van der Waals surface area contributed by atoms with Crippen molar-refractivity contribution in [1.82, 2.24) is 20.9 Å². The summed E-state index contributed by atoms with van der Waals surface area (Å²) >= 11 is 0. The van der Waals surface area contributed by atoms with Gasteiger partial charge in [0.05, 0.1) is 6.61 Å². The Balaban J connectivity index is 1.40. The lowest BCUT2D eigenvalue weighted by Gasteiger charge is -2.25. The van der Waals surface area contributed by atoms with Crippen LogP contribution in [-0.4, -0.2) is 92.1 Å². The first-order valence-electron chi connectivity index (χ1n) is 16.1. The van der Waals surface area contributed by atoms with Gasteiger partial charge in [0, 0.05) is 36.4 Å². The van der Waals surface area contributed by atoms with Gasteiger partial charge in [0.15, 0.2) is 6.10 Å². The number of cyclic esters (lactones) is 1. The van der Waals surface area contributed by atoms with E-state index in [9.17, 15) is 44.4 Å². The standard InChI is InChI=1S/C36H37N5O11/c37-32(46)25(14-20-10-12-22(43)13-11-20)39-34(48)27(16-21-17-38-24-9-5-4-8-23(21)24)40-33(47)26(15-19-6-2-1-3-7-19)41-36(50)52-31-29(45)35(49)51-30(31)28(44)18-42/h1-13,17,25-28,30,38,42-45H,14-16,18H2,(H2,37,46)(H,39,48)(H,40,47)(H,41,50)/t25-,26-,27-,28?,30?/m0/s1. The van der Waals surface area contributed by atoms with E-state index in [1.165, 1.54) is 12.1 Å². The number of nitrogens with two attached hydrogens (primary N) is 1. The van der Waals surface area contributed by atoms with E-state index in [1.54, 1.807) is 54.7 Å². The van der Waals surface area contributed by atoms with Gasteiger partial charge < -0.3 is 56.6 Å². The molecule has 1 aliphatic rings. The molecule has 0 saturated heterocycles. The van der Waals surface area contributed by atoms with E-state index in [2.05, 4.69) is 20.9 Å². The molecule has 272 valence electrons. The number of para-hydroxylation sites is 1. The molecule has 16 nitrogen and oxygen atoms in total. The first-order chi connectivity index (χ1) is 24.9. The van der Waals surface area contributed by atoms with Crippen LogP contribution in [-0.2, 0) is 47.9 Å². The predicted molar refractivity (Wildman–Crippen MR) is 183 cm³/mol. The van der Waals surface area contributed by atoms with Crippen LogP contribution in [0.5, 0.6) is 5.75 Å². The van der Waals surface area contributed by atoms with Crippen LogP contribution < -0.4 is 21.7 Å². The van der Waals surface area contributed by atoms with Gasteiger partial charge in [-0.25, -0.2) is 9.59 Å². The zero-order valence-corrected chi connectivity index (χ0v) is 27.5. The van der Waals surface area contributed by atoms with Gasteiger partial charge in [0.25, 0.3) is 0 Å². The molecule has 5 atom stereocenters. The highest BCUT2D eigenvalue weighted by molar-refractivity contribution is 5.95. The van der Waals surface area contributed by atoms with Crippen molar-refractivity contribution < 1.29 is 53.9 Å². The highest BCUT2D eigenvalue weighted by Crippen LogP contribution is 2.25.